The van der Waals surface area contributed by atoms with Crippen LogP contribution in [-0.2, 0) is 14.8 Å². The molecule has 1 amide bonds. The summed E-state index contributed by atoms with van der Waals surface area (Å²) in [5.74, 6) is 0.235. The summed E-state index contributed by atoms with van der Waals surface area (Å²) in [6.07, 6.45) is 7.54. The van der Waals surface area contributed by atoms with Gasteiger partial charge in [0.05, 0.1) is 24.7 Å². The van der Waals surface area contributed by atoms with Crippen molar-refractivity contribution in [2.45, 2.75) is 0 Å². The van der Waals surface area contributed by atoms with E-state index in [4.69, 9.17) is 0 Å². The standard InChI is InChI=1S/C12H15N5O3S/c1-16(21(2,19)20)8-12(18)15-10-3-4-11(14-7-10)17-6-5-13-9-17/h3-7,9H,8H2,1-2H3,(H,15,18). The van der Waals surface area contributed by atoms with Crippen LogP contribution in [0.2, 0.25) is 0 Å². The van der Waals surface area contributed by atoms with Gasteiger partial charge in [-0.15, -0.1) is 0 Å². The number of rotatable bonds is 5. The van der Waals surface area contributed by atoms with Crippen LogP contribution in [0.3, 0.4) is 0 Å². The summed E-state index contributed by atoms with van der Waals surface area (Å²) in [6.45, 7) is -0.248. The first-order valence-electron chi connectivity index (χ1n) is 6.02. The lowest BCUT2D eigenvalue weighted by molar-refractivity contribution is -0.116. The van der Waals surface area contributed by atoms with E-state index in [1.807, 2.05) is 0 Å². The highest BCUT2D eigenvalue weighted by molar-refractivity contribution is 7.88. The quantitative estimate of drug-likeness (QED) is 0.844. The van der Waals surface area contributed by atoms with E-state index >= 15 is 0 Å². The molecule has 21 heavy (non-hydrogen) atoms. The fourth-order valence-corrected chi connectivity index (χ4v) is 1.88. The summed E-state index contributed by atoms with van der Waals surface area (Å²) in [4.78, 5) is 19.8. The Kier molecular flexibility index (Phi) is 4.34. The third-order valence-electron chi connectivity index (χ3n) is 2.73. The number of hydrogen-bond donors (Lipinski definition) is 1. The summed E-state index contributed by atoms with van der Waals surface area (Å²) in [5, 5.41) is 2.58. The smallest absolute Gasteiger partial charge is 0.239 e. The van der Waals surface area contributed by atoms with Crippen molar-refractivity contribution in [1.29, 1.82) is 0 Å². The highest BCUT2D eigenvalue weighted by Gasteiger charge is 2.15. The summed E-state index contributed by atoms with van der Waals surface area (Å²) >= 11 is 0. The predicted molar refractivity (Wildman–Crippen MR) is 77.5 cm³/mol. The van der Waals surface area contributed by atoms with Crippen molar-refractivity contribution in [3.05, 3.63) is 37.1 Å². The number of hydrogen-bond acceptors (Lipinski definition) is 5. The van der Waals surface area contributed by atoms with E-state index in [-0.39, 0.29) is 6.54 Å². The molecule has 0 aromatic carbocycles. The van der Waals surface area contributed by atoms with Gasteiger partial charge in [0, 0.05) is 19.4 Å². The van der Waals surface area contributed by atoms with Crippen LogP contribution in [0.15, 0.2) is 37.1 Å². The van der Waals surface area contributed by atoms with E-state index in [0.717, 1.165) is 10.6 Å². The first-order valence-corrected chi connectivity index (χ1v) is 7.86. The molecule has 0 bridgehead atoms. The molecule has 9 heteroatoms. The topological polar surface area (TPSA) is 97.2 Å². The van der Waals surface area contributed by atoms with E-state index in [2.05, 4.69) is 15.3 Å². The van der Waals surface area contributed by atoms with Gasteiger partial charge in [-0.3, -0.25) is 9.36 Å². The highest BCUT2D eigenvalue weighted by Crippen LogP contribution is 2.09. The summed E-state index contributed by atoms with van der Waals surface area (Å²) in [6, 6.07) is 3.40. The molecular weight excluding hydrogens is 294 g/mol. The second-order valence-corrected chi connectivity index (χ2v) is 6.53. The zero-order valence-electron chi connectivity index (χ0n) is 11.6. The van der Waals surface area contributed by atoms with Gasteiger partial charge in [-0.1, -0.05) is 0 Å². The molecule has 0 aliphatic heterocycles. The van der Waals surface area contributed by atoms with Crippen molar-refractivity contribution in [3.63, 3.8) is 0 Å². The number of nitrogens with one attached hydrogen (secondary N) is 1. The fourth-order valence-electron chi connectivity index (χ4n) is 1.53. The van der Waals surface area contributed by atoms with Crippen molar-refractivity contribution in [2.75, 3.05) is 25.2 Å². The van der Waals surface area contributed by atoms with Crippen molar-refractivity contribution in [1.82, 2.24) is 18.8 Å². The molecule has 0 saturated heterocycles. The first-order chi connectivity index (χ1) is 9.86. The molecular formula is C12H15N5O3S. The van der Waals surface area contributed by atoms with E-state index in [0.29, 0.717) is 11.5 Å². The minimum Gasteiger partial charge on any atom is -0.324 e. The molecule has 0 spiro atoms. The third-order valence-corrected chi connectivity index (χ3v) is 3.99. The van der Waals surface area contributed by atoms with Crippen molar-refractivity contribution in [3.8, 4) is 5.82 Å². The number of amides is 1. The van der Waals surface area contributed by atoms with Crippen LogP contribution in [0.1, 0.15) is 0 Å². The lowest BCUT2D eigenvalue weighted by Crippen LogP contribution is -2.34. The molecule has 0 unspecified atom stereocenters. The Labute approximate surface area is 122 Å². The minimum atomic E-state index is -3.38. The highest BCUT2D eigenvalue weighted by atomic mass is 32.2. The maximum Gasteiger partial charge on any atom is 0.239 e. The van der Waals surface area contributed by atoms with Crippen molar-refractivity contribution >= 4 is 21.6 Å². The Balaban J connectivity index is 1.99. The number of imidazole rings is 1. The van der Waals surface area contributed by atoms with E-state index in [9.17, 15) is 13.2 Å². The maximum absolute atomic E-state index is 11.7. The van der Waals surface area contributed by atoms with Gasteiger partial charge in [0.1, 0.15) is 12.1 Å². The van der Waals surface area contributed by atoms with Crippen LogP contribution in [0.4, 0.5) is 5.69 Å². The second-order valence-electron chi connectivity index (χ2n) is 4.44. The largest absolute Gasteiger partial charge is 0.324 e. The second kappa shape index (κ2) is 6.02. The van der Waals surface area contributed by atoms with Gasteiger partial charge < -0.3 is 5.32 Å². The number of sulfonamides is 1. The third kappa shape index (κ3) is 4.10. The summed E-state index contributed by atoms with van der Waals surface area (Å²) in [7, 11) is -2.04. The maximum atomic E-state index is 11.7. The number of anilines is 1. The van der Waals surface area contributed by atoms with E-state index in [1.165, 1.54) is 13.2 Å². The van der Waals surface area contributed by atoms with Crippen molar-refractivity contribution in [2.24, 2.45) is 0 Å². The molecule has 0 fully saturated rings. The first kappa shape index (κ1) is 15.1. The number of carbonyl (C=O) groups is 1. The van der Waals surface area contributed by atoms with E-state index in [1.54, 1.807) is 35.4 Å². The Morgan fingerprint density at radius 1 is 1.43 bits per heavy atom. The number of aromatic nitrogens is 3. The molecule has 2 aromatic rings. The minimum absolute atomic E-state index is 0.248. The average molecular weight is 309 g/mol. The SMILES string of the molecule is CN(CC(=O)Nc1ccc(-n2ccnc2)nc1)S(C)(=O)=O. The van der Waals surface area contributed by atoms with Gasteiger partial charge in [0.15, 0.2) is 0 Å². The lowest BCUT2D eigenvalue weighted by atomic mass is 10.4. The summed E-state index contributed by atoms with van der Waals surface area (Å²) in [5.41, 5.74) is 0.491. The molecule has 0 aliphatic rings. The molecule has 0 radical (unpaired) electrons. The molecule has 8 nitrogen and oxygen atoms in total. The monoisotopic (exact) mass is 309 g/mol. The van der Waals surface area contributed by atoms with Crippen molar-refractivity contribution < 1.29 is 13.2 Å². The van der Waals surface area contributed by atoms with Gasteiger partial charge in [-0.25, -0.2) is 18.4 Å². The molecule has 2 heterocycles. The number of likely N-dealkylation sites (N-methyl/N-ethyl adjacent to an activating group) is 1. The van der Waals surface area contributed by atoms with Crippen LogP contribution in [-0.4, -0.2) is 53.0 Å². The van der Waals surface area contributed by atoms with Gasteiger partial charge >= 0.3 is 0 Å². The van der Waals surface area contributed by atoms with Gasteiger partial charge in [0.25, 0.3) is 0 Å². The molecule has 112 valence electrons. The average Bonchev–Trinajstić information content (AvgIpc) is 2.92. The molecule has 0 aliphatic carbocycles. The van der Waals surface area contributed by atoms with Crippen LogP contribution >= 0.6 is 0 Å². The molecule has 2 aromatic heterocycles. The van der Waals surface area contributed by atoms with Crippen LogP contribution in [0, 0.1) is 0 Å². The molecule has 1 N–H and O–H groups in total. The number of carbonyl (C=O) groups excluding carboxylic acids is 1. The predicted octanol–water partition coefficient (Wildman–Crippen LogP) is 0.0972. The van der Waals surface area contributed by atoms with Crippen LogP contribution in [0.5, 0.6) is 0 Å². The molecule has 2 rings (SSSR count). The zero-order chi connectivity index (χ0) is 15.5. The fraction of sp³-hybridized carbons (Fsp3) is 0.250. The summed E-state index contributed by atoms with van der Waals surface area (Å²) < 4.78 is 25.1. The van der Waals surface area contributed by atoms with E-state index < -0.39 is 15.9 Å². The number of pyridine rings is 1. The Morgan fingerprint density at radius 2 is 2.19 bits per heavy atom. The Bertz CT molecular complexity index is 710. The molecule has 0 atom stereocenters. The van der Waals surface area contributed by atoms with Gasteiger partial charge in [-0.05, 0) is 12.1 Å². The molecule has 0 saturated carbocycles. The lowest BCUT2D eigenvalue weighted by Gasteiger charge is -2.13. The van der Waals surface area contributed by atoms with Crippen LogP contribution < -0.4 is 5.32 Å². The van der Waals surface area contributed by atoms with Gasteiger partial charge in [-0.2, -0.15) is 4.31 Å². The Hall–Kier alpha value is -2.26. The number of nitrogens with zero attached hydrogens (tertiary/aromatic N) is 4. The zero-order valence-corrected chi connectivity index (χ0v) is 12.4. The van der Waals surface area contributed by atoms with Crippen LogP contribution in [0.25, 0.3) is 5.82 Å². The Morgan fingerprint density at radius 3 is 2.71 bits per heavy atom. The van der Waals surface area contributed by atoms with Gasteiger partial charge in [0.2, 0.25) is 15.9 Å². The normalized spacial score (nSPS) is 11.6.